The van der Waals surface area contributed by atoms with Crippen LogP contribution in [0.25, 0.3) is 0 Å². The van der Waals surface area contributed by atoms with Crippen LogP contribution in [0.5, 0.6) is 11.5 Å². The van der Waals surface area contributed by atoms with Crippen LogP contribution in [-0.2, 0) is 18.3 Å². The third-order valence-electron chi connectivity index (χ3n) is 5.19. The van der Waals surface area contributed by atoms with Crippen molar-refractivity contribution in [1.82, 2.24) is 0 Å². The largest absolute Gasteiger partial charge is 0.507 e. The van der Waals surface area contributed by atoms with Crippen molar-refractivity contribution < 1.29 is 10.2 Å². The van der Waals surface area contributed by atoms with Gasteiger partial charge in [0.25, 0.3) is 0 Å². The molecule has 2 heteroatoms. The summed E-state index contributed by atoms with van der Waals surface area (Å²) in [4.78, 5) is 0. The van der Waals surface area contributed by atoms with Crippen LogP contribution < -0.4 is 0 Å². The molecule has 0 spiro atoms. The van der Waals surface area contributed by atoms with Gasteiger partial charge in [0.1, 0.15) is 11.5 Å². The predicted molar refractivity (Wildman–Crippen MR) is 115 cm³/mol. The van der Waals surface area contributed by atoms with Crippen LogP contribution >= 0.6 is 0 Å². The molecule has 2 aromatic rings. The minimum Gasteiger partial charge on any atom is -0.507 e. The highest BCUT2D eigenvalue weighted by Gasteiger charge is 2.26. The molecule has 0 aliphatic heterocycles. The molecular formula is C25H32O2. The van der Waals surface area contributed by atoms with E-state index in [-0.39, 0.29) is 5.41 Å². The number of phenols is 2. The van der Waals surface area contributed by atoms with Gasteiger partial charge >= 0.3 is 0 Å². The summed E-state index contributed by atoms with van der Waals surface area (Å²) >= 11 is 0. The summed E-state index contributed by atoms with van der Waals surface area (Å²) < 4.78 is 0. The van der Waals surface area contributed by atoms with Crippen LogP contribution in [0.3, 0.4) is 0 Å². The number of aryl methyl sites for hydroxylation is 2. The third kappa shape index (κ3) is 4.44. The molecule has 27 heavy (non-hydrogen) atoms. The summed E-state index contributed by atoms with van der Waals surface area (Å²) in [6.07, 6.45) is 1.32. The molecule has 2 rings (SSSR count). The van der Waals surface area contributed by atoms with Gasteiger partial charge in [0.15, 0.2) is 0 Å². The number of phenolic OH excluding ortho intramolecular Hbond substituents is 2. The highest BCUT2D eigenvalue weighted by Crippen LogP contribution is 2.39. The Balaban J connectivity index is 2.62. The van der Waals surface area contributed by atoms with Gasteiger partial charge < -0.3 is 10.2 Å². The Bertz CT molecular complexity index is 828. The lowest BCUT2D eigenvalue weighted by Crippen LogP contribution is -2.20. The number of aromatic hydroxyl groups is 2. The molecule has 0 radical (unpaired) electrons. The molecule has 0 fully saturated rings. The fourth-order valence-corrected chi connectivity index (χ4v) is 3.51. The first-order valence-electron chi connectivity index (χ1n) is 9.38. The average Bonchev–Trinajstić information content (AvgIpc) is 2.54. The summed E-state index contributed by atoms with van der Waals surface area (Å²) in [5.74, 6) is 0.699. The predicted octanol–water partition coefficient (Wildman–Crippen LogP) is 6.28. The maximum Gasteiger partial charge on any atom is 0.122 e. The van der Waals surface area contributed by atoms with E-state index in [1.807, 2.05) is 27.7 Å². The lowest BCUT2D eigenvalue weighted by atomic mass is 9.75. The van der Waals surface area contributed by atoms with Crippen LogP contribution in [-0.4, -0.2) is 10.2 Å². The molecule has 2 aromatic carbocycles. The molecule has 0 saturated heterocycles. The Morgan fingerprint density at radius 3 is 1.41 bits per heavy atom. The van der Waals surface area contributed by atoms with Gasteiger partial charge in [-0.3, -0.25) is 0 Å². The third-order valence-corrected chi connectivity index (χ3v) is 5.19. The Morgan fingerprint density at radius 1 is 0.778 bits per heavy atom. The van der Waals surface area contributed by atoms with E-state index in [1.165, 1.54) is 0 Å². The first-order chi connectivity index (χ1) is 12.4. The van der Waals surface area contributed by atoms with Gasteiger partial charge in [-0.05, 0) is 73.9 Å². The smallest absolute Gasteiger partial charge is 0.122 e. The van der Waals surface area contributed by atoms with Gasteiger partial charge in [-0.25, -0.2) is 0 Å². The molecule has 2 nitrogen and oxygen atoms in total. The van der Waals surface area contributed by atoms with Crippen molar-refractivity contribution >= 4 is 0 Å². The van der Waals surface area contributed by atoms with Crippen LogP contribution in [0, 0.1) is 13.8 Å². The van der Waals surface area contributed by atoms with Gasteiger partial charge in [0, 0.05) is 5.41 Å². The molecular weight excluding hydrogens is 332 g/mol. The lowest BCUT2D eigenvalue weighted by molar-refractivity contribution is 0.463. The molecule has 0 amide bonds. The van der Waals surface area contributed by atoms with E-state index in [1.54, 1.807) is 0 Å². The van der Waals surface area contributed by atoms with E-state index in [2.05, 4.69) is 51.3 Å². The van der Waals surface area contributed by atoms with Crippen molar-refractivity contribution in [3.63, 3.8) is 0 Å². The highest BCUT2D eigenvalue weighted by atomic mass is 16.3. The van der Waals surface area contributed by atoms with Crippen molar-refractivity contribution in [2.45, 2.75) is 59.8 Å². The molecule has 0 unspecified atom stereocenters. The second-order valence-electron chi connectivity index (χ2n) is 8.49. The molecule has 0 atom stereocenters. The fourth-order valence-electron chi connectivity index (χ4n) is 3.51. The van der Waals surface area contributed by atoms with Crippen molar-refractivity contribution in [2.24, 2.45) is 0 Å². The van der Waals surface area contributed by atoms with Gasteiger partial charge in [0.05, 0.1) is 0 Å². The summed E-state index contributed by atoms with van der Waals surface area (Å²) in [6, 6.07) is 8.27. The van der Waals surface area contributed by atoms with Gasteiger partial charge in [-0.1, -0.05) is 62.4 Å². The average molecular weight is 365 g/mol. The van der Waals surface area contributed by atoms with E-state index < -0.39 is 0 Å². The van der Waals surface area contributed by atoms with Crippen LogP contribution in [0.1, 0.15) is 61.1 Å². The van der Waals surface area contributed by atoms with Crippen molar-refractivity contribution in [3.8, 4) is 11.5 Å². The molecule has 0 aliphatic carbocycles. The molecule has 2 N–H and O–H groups in total. The highest BCUT2D eigenvalue weighted by molar-refractivity contribution is 5.52. The molecule has 0 bridgehead atoms. The standard InChI is InChI=1S/C25H32O2/c1-15(2)9-19-13-21(11-17(5)23(19)26)25(7,8)22-12-18(6)24(27)20(14-22)10-16(3)4/h11-14,26-27H,1,3,9-10H2,2,4-8H3. The van der Waals surface area contributed by atoms with E-state index in [4.69, 9.17) is 0 Å². The minimum absolute atomic E-state index is 0.273. The molecule has 144 valence electrons. The zero-order chi connectivity index (χ0) is 20.5. The van der Waals surface area contributed by atoms with Crippen LogP contribution in [0.2, 0.25) is 0 Å². The maximum atomic E-state index is 10.4. The first-order valence-corrected chi connectivity index (χ1v) is 9.38. The summed E-state index contributed by atoms with van der Waals surface area (Å²) in [7, 11) is 0. The number of allylic oxidation sites excluding steroid dienone is 2. The van der Waals surface area contributed by atoms with Crippen molar-refractivity contribution in [1.29, 1.82) is 0 Å². The minimum atomic E-state index is -0.273. The molecule has 0 aromatic heterocycles. The SMILES string of the molecule is C=C(C)Cc1cc(C(C)(C)c2cc(C)c(O)c(CC(=C)C)c2)cc(C)c1O. The van der Waals surface area contributed by atoms with Crippen molar-refractivity contribution in [2.75, 3.05) is 0 Å². The van der Waals surface area contributed by atoms with Crippen LogP contribution in [0.15, 0.2) is 48.6 Å². The van der Waals surface area contributed by atoms with Gasteiger partial charge in [-0.15, -0.1) is 0 Å². The zero-order valence-corrected chi connectivity index (χ0v) is 17.5. The molecule has 0 saturated carbocycles. The molecule has 0 heterocycles. The number of rotatable bonds is 6. The monoisotopic (exact) mass is 364 g/mol. The number of hydrogen-bond acceptors (Lipinski definition) is 2. The topological polar surface area (TPSA) is 40.5 Å². The normalized spacial score (nSPS) is 11.5. The van der Waals surface area contributed by atoms with E-state index in [9.17, 15) is 10.2 Å². The van der Waals surface area contributed by atoms with Gasteiger partial charge in [-0.2, -0.15) is 0 Å². The van der Waals surface area contributed by atoms with Gasteiger partial charge in [0.2, 0.25) is 0 Å². The quantitative estimate of drug-likeness (QED) is 0.592. The zero-order valence-electron chi connectivity index (χ0n) is 17.5. The van der Waals surface area contributed by atoms with E-state index >= 15 is 0 Å². The lowest BCUT2D eigenvalue weighted by Gasteiger charge is -2.29. The number of hydrogen-bond donors (Lipinski definition) is 2. The molecule has 0 aliphatic rings. The van der Waals surface area contributed by atoms with Crippen molar-refractivity contribution in [3.05, 3.63) is 82.0 Å². The summed E-state index contributed by atoms with van der Waals surface area (Å²) in [5, 5.41) is 20.9. The fraction of sp³-hybridized carbons (Fsp3) is 0.360. The number of benzene rings is 2. The van der Waals surface area contributed by atoms with E-state index in [0.29, 0.717) is 24.3 Å². The first kappa shape index (κ1) is 20.8. The second kappa shape index (κ2) is 7.64. The Kier molecular flexibility index (Phi) is 5.89. The summed E-state index contributed by atoms with van der Waals surface area (Å²) in [5.41, 5.74) is 7.59. The maximum absolute atomic E-state index is 10.4. The summed E-state index contributed by atoms with van der Waals surface area (Å²) in [6.45, 7) is 20.1. The Hall–Kier alpha value is -2.48. The van der Waals surface area contributed by atoms with E-state index in [0.717, 1.165) is 44.5 Å². The van der Waals surface area contributed by atoms with Crippen LogP contribution in [0.4, 0.5) is 0 Å². The Morgan fingerprint density at radius 2 is 1.11 bits per heavy atom. The second-order valence-corrected chi connectivity index (χ2v) is 8.49. The Labute approximate surface area is 163 Å².